The molecule has 0 radical (unpaired) electrons. The van der Waals surface area contributed by atoms with Crippen LogP contribution in [-0.4, -0.2) is 0 Å². The molecule has 2 nitrogen and oxygen atoms in total. The van der Waals surface area contributed by atoms with E-state index < -0.39 is 6.04 Å². The first-order valence-corrected chi connectivity index (χ1v) is 4.04. The molecule has 0 aliphatic heterocycles. The number of nitrogens with zero attached hydrogens (tertiary/aromatic N) is 1. The molecule has 0 fully saturated rings. The fourth-order valence-electron chi connectivity index (χ4n) is 0.764. The Morgan fingerprint density at radius 2 is 2.45 bits per heavy atom. The summed E-state index contributed by atoms with van der Waals surface area (Å²) in [7, 11) is 0. The molecule has 0 aliphatic carbocycles. The molecule has 1 heterocycles. The van der Waals surface area contributed by atoms with Crippen molar-refractivity contribution < 1.29 is 4.39 Å². The first-order valence-electron chi connectivity index (χ1n) is 3.10. The maximum Gasteiger partial charge on any atom is 0.138 e. The van der Waals surface area contributed by atoms with Crippen molar-refractivity contribution in [3.8, 4) is 6.07 Å². The number of thiophene rings is 1. The molecule has 11 heavy (non-hydrogen) atoms. The van der Waals surface area contributed by atoms with Crippen molar-refractivity contribution in [3.63, 3.8) is 0 Å². The van der Waals surface area contributed by atoms with E-state index in [-0.39, 0.29) is 12.2 Å². The van der Waals surface area contributed by atoms with Crippen LogP contribution in [0.2, 0.25) is 0 Å². The Labute approximate surface area is 68.1 Å². The van der Waals surface area contributed by atoms with E-state index in [1.54, 1.807) is 5.38 Å². The van der Waals surface area contributed by atoms with E-state index in [9.17, 15) is 4.39 Å². The molecule has 1 rings (SSSR count). The van der Waals surface area contributed by atoms with Crippen LogP contribution in [0.5, 0.6) is 0 Å². The summed E-state index contributed by atoms with van der Waals surface area (Å²) in [6, 6.07) is 1.42. The Balaban J connectivity index is 2.77. The van der Waals surface area contributed by atoms with Gasteiger partial charge in [0, 0.05) is 17.0 Å². The first-order chi connectivity index (χ1) is 5.25. The van der Waals surface area contributed by atoms with Gasteiger partial charge in [-0.25, -0.2) is 4.39 Å². The average Bonchev–Trinajstić information content (AvgIpc) is 2.36. The third kappa shape index (κ3) is 1.76. The maximum absolute atomic E-state index is 12.7. The second kappa shape index (κ2) is 3.46. The van der Waals surface area contributed by atoms with E-state index in [0.29, 0.717) is 5.56 Å². The summed E-state index contributed by atoms with van der Waals surface area (Å²) < 4.78 is 12.7. The van der Waals surface area contributed by atoms with Crippen LogP contribution in [0.4, 0.5) is 4.39 Å². The molecule has 1 aromatic rings. The van der Waals surface area contributed by atoms with Gasteiger partial charge in [-0.15, -0.1) is 11.3 Å². The predicted octanol–water partition coefficient (Wildman–Crippen LogP) is 1.80. The van der Waals surface area contributed by atoms with Crippen molar-refractivity contribution in [1.82, 2.24) is 0 Å². The van der Waals surface area contributed by atoms with Crippen molar-refractivity contribution in [2.45, 2.75) is 12.5 Å². The minimum Gasteiger partial charge on any atom is -0.323 e. The zero-order valence-electron chi connectivity index (χ0n) is 5.75. The molecule has 0 spiro atoms. The average molecular weight is 170 g/mol. The summed E-state index contributed by atoms with van der Waals surface area (Å²) in [6.45, 7) is 0. The third-order valence-corrected chi connectivity index (χ3v) is 2.09. The van der Waals surface area contributed by atoms with Crippen LogP contribution >= 0.6 is 11.3 Å². The molecule has 0 saturated carbocycles. The smallest absolute Gasteiger partial charge is 0.138 e. The van der Waals surface area contributed by atoms with Crippen LogP contribution in [-0.2, 0) is 0 Å². The van der Waals surface area contributed by atoms with E-state index >= 15 is 0 Å². The monoisotopic (exact) mass is 170 g/mol. The molecule has 0 unspecified atom stereocenters. The highest BCUT2D eigenvalue weighted by Crippen LogP contribution is 2.20. The Morgan fingerprint density at radius 3 is 2.91 bits per heavy atom. The minimum absolute atomic E-state index is 0.160. The highest BCUT2D eigenvalue weighted by molar-refractivity contribution is 7.08. The second-order valence-corrected chi connectivity index (χ2v) is 2.89. The van der Waals surface area contributed by atoms with Gasteiger partial charge in [0.1, 0.15) is 5.82 Å². The number of halogens is 1. The number of hydrogen-bond acceptors (Lipinski definition) is 3. The fourth-order valence-corrected chi connectivity index (χ4v) is 1.52. The van der Waals surface area contributed by atoms with E-state index in [4.69, 9.17) is 11.0 Å². The molecular formula is C7H7FN2S. The number of nitriles is 1. The van der Waals surface area contributed by atoms with Crippen LogP contribution in [0.25, 0.3) is 0 Å². The molecule has 0 amide bonds. The number of hydrogen-bond donors (Lipinski definition) is 1. The standard InChI is InChI=1S/C7H7FN2S/c8-6-4-11-3-5(6)7(10)1-2-9/h3-4,7H,1,10H2/t7-/m0/s1. The Morgan fingerprint density at radius 1 is 1.73 bits per heavy atom. The van der Waals surface area contributed by atoms with Gasteiger partial charge in [0.25, 0.3) is 0 Å². The molecule has 4 heteroatoms. The number of rotatable bonds is 2. The molecular weight excluding hydrogens is 163 g/mol. The Hall–Kier alpha value is -0.920. The molecule has 1 atom stereocenters. The van der Waals surface area contributed by atoms with Crippen molar-refractivity contribution in [1.29, 1.82) is 5.26 Å². The molecule has 1 aromatic heterocycles. The highest BCUT2D eigenvalue weighted by Gasteiger charge is 2.10. The summed E-state index contributed by atoms with van der Waals surface area (Å²) in [4.78, 5) is 0. The number of nitrogens with two attached hydrogens (primary N) is 1. The zero-order chi connectivity index (χ0) is 8.27. The summed E-state index contributed by atoms with van der Waals surface area (Å²) >= 11 is 1.26. The van der Waals surface area contributed by atoms with Crippen LogP contribution in [0, 0.1) is 17.1 Å². The second-order valence-electron chi connectivity index (χ2n) is 2.14. The van der Waals surface area contributed by atoms with E-state index in [1.807, 2.05) is 6.07 Å². The molecule has 2 N–H and O–H groups in total. The van der Waals surface area contributed by atoms with Crippen LogP contribution < -0.4 is 5.73 Å². The first kappa shape index (κ1) is 8.18. The fraction of sp³-hybridized carbons (Fsp3) is 0.286. The van der Waals surface area contributed by atoms with Gasteiger partial charge in [-0.2, -0.15) is 5.26 Å². The Bertz CT molecular complexity index is 276. The molecule has 0 aliphatic rings. The van der Waals surface area contributed by atoms with Gasteiger partial charge in [-0.1, -0.05) is 0 Å². The van der Waals surface area contributed by atoms with Gasteiger partial charge in [-0.3, -0.25) is 0 Å². The predicted molar refractivity (Wildman–Crippen MR) is 41.4 cm³/mol. The lowest BCUT2D eigenvalue weighted by Crippen LogP contribution is -2.09. The van der Waals surface area contributed by atoms with Crippen LogP contribution in [0.3, 0.4) is 0 Å². The quantitative estimate of drug-likeness (QED) is 0.735. The van der Waals surface area contributed by atoms with Gasteiger partial charge < -0.3 is 5.73 Å². The topological polar surface area (TPSA) is 49.8 Å². The molecule has 58 valence electrons. The third-order valence-electron chi connectivity index (χ3n) is 1.35. The summed E-state index contributed by atoms with van der Waals surface area (Å²) in [6.07, 6.45) is 0.160. The zero-order valence-corrected chi connectivity index (χ0v) is 6.57. The minimum atomic E-state index is -0.480. The molecule has 0 aromatic carbocycles. The summed E-state index contributed by atoms with van der Waals surface area (Å²) in [5.41, 5.74) is 5.94. The van der Waals surface area contributed by atoms with Crippen molar-refractivity contribution >= 4 is 11.3 Å². The van der Waals surface area contributed by atoms with Crippen molar-refractivity contribution in [3.05, 3.63) is 22.1 Å². The largest absolute Gasteiger partial charge is 0.323 e. The van der Waals surface area contributed by atoms with E-state index in [2.05, 4.69) is 0 Å². The summed E-state index contributed by atoms with van der Waals surface area (Å²) in [5, 5.41) is 11.3. The normalized spacial score (nSPS) is 12.5. The van der Waals surface area contributed by atoms with Crippen LogP contribution in [0.15, 0.2) is 10.8 Å². The van der Waals surface area contributed by atoms with Gasteiger partial charge >= 0.3 is 0 Å². The lowest BCUT2D eigenvalue weighted by atomic mass is 10.1. The highest BCUT2D eigenvalue weighted by atomic mass is 32.1. The lowest BCUT2D eigenvalue weighted by molar-refractivity contribution is 0.592. The van der Waals surface area contributed by atoms with Crippen molar-refractivity contribution in [2.24, 2.45) is 5.73 Å². The van der Waals surface area contributed by atoms with Gasteiger partial charge in [0.15, 0.2) is 0 Å². The SMILES string of the molecule is N#CC[C@H](N)c1cscc1F. The van der Waals surface area contributed by atoms with Gasteiger partial charge in [0.2, 0.25) is 0 Å². The van der Waals surface area contributed by atoms with Gasteiger partial charge in [0.05, 0.1) is 12.5 Å². The van der Waals surface area contributed by atoms with Crippen molar-refractivity contribution in [2.75, 3.05) is 0 Å². The maximum atomic E-state index is 12.7. The summed E-state index contributed by atoms with van der Waals surface area (Å²) in [5.74, 6) is -0.308. The van der Waals surface area contributed by atoms with Crippen LogP contribution in [0.1, 0.15) is 18.0 Å². The van der Waals surface area contributed by atoms with E-state index in [1.165, 1.54) is 16.7 Å². The Kier molecular flexibility index (Phi) is 2.58. The molecule has 0 bridgehead atoms. The lowest BCUT2D eigenvalue weighted by Gasteiger charge is -2.03. The molecule has 0 saturated heterocycles. The van der Waals surface area contributed by atoms with Gasteiger partial charge in [-0.05, 0) is 5.38 Å². The van der Waals surface area contributed by atoms with E-state index in [0.717, 1.165) is 0 Å².